The average Bonchev–Trinajstić information content (AvgIpc) is 2.29. The lowest BCUT2D eigenvalue weighted by atomic mass is 9.74. The molecule has 3 heteroatoms. The van der Waals surface area contributed by atoms with E-state index >= 15 is 0 Å². The van der Waals surface area contributed by atoms with Crippen LogP contribution in [-0.4, -0.2) is 16.3 Å². The molecule has 1 aliphatic rings. The number of aryl methyl sites for hydroxylation is 2. The molecule has 13 heavy (non-hydrogen) atoms. The van der Waals surface area contributed by atoms with Crippen molar-refractivity contribution in [1.82, 2.24) is 15.1 Å². The molecule has 2 rings (SSSR count). The molecule has 72 valence electrons. The standard InChI is InChI=1S/C10H17N3/c1-7-8(5-13(4)12-7)9-10(2,3)6-11-9/h5,9,11H,6H2,1-4H3. The van der Waals surface area contributed by atoms with Gasteiger partial charge in [0.2, 0.25) is 0 Å². The van der Waals surface area contributed by atoms with Crippen molar-refractivity contribution in [1.29, 1.82) is 0 Å². The average molecular weight is 179 g/mol. The minimum Gasteiger partial charge on any atom is -0.309 e. The summed E-state index contributed by atoms with van der Waals surface area (Å²) < 4.78 is 1.89. The zero-order valence-corrected chi connectivity index (χ0v) is 8.76. The fourth-order valence-electron chi connectivity index (χ4n) is 2.04. The van der Waals surface area contributed by atoms with Gasteiger partial charge in [-0.1, -0.05) is 13.8 Å². The molecule has 1 atom stereocenters. The van der Waals surface area contributed by atoms with Crippen molar-refractivity contribution in [2.45, 2.75) is 26.8 Å². The quantitative estimate of drug-likeness (QED) is 0.706. The lowest BCUT2D eigenvalue weighted by Gasteiger charge is -2.45. The molecule has 1 N–H and O–H groups in total. The molecule has 1 aromatic heterocycles. The molecule has 0 spiro atoms. The van der Waals surface area contributed by atoms with Crippen molar-refractivity contribution in [3.8, 4) is 0 Å². The Kier molecular flexibility index (Phi) is 1.74. The van der Waals surface area contributed by atoms with Crippen molar-refractivity contribution < 1.29 is 0 Å². The van der Waals surface area contributed by atoms with Crippen LogP contribution in [0.5, 0.6) is 0 Å². The highest BCUT2D eigenvalue weighted by molar-refractivity contribution is 5.25. The van der Waals surface area contributed by atoms with Crippen molar-refractivity contribution in [3.63, 3.8) is 0 Å². The summed E-state index contributed by atoms with van der Waals surface area (Å²) in [5, 5.41) is 7.81. The summed E-state index contributed by atoms with van der Waals surface area (Å²) in [7, 11) is 1.97. The molecule has 0 radical (unpaired) electrons. The first-order valence-corrected chi connectivity index (χ1v) is 4.74. The van der Waals surface area contributed by atoms with E-state index in [9.17, 15) is 0 Å². The van der Waals surface area contributed by atoms with Gasteiger partial charge in [0.1, 0.15) is 0 Å². The Balaban J connectivity index is 2.31. The summed E-state index contributed by atoms with van der Waals surface area (Å²) in [6.45, 7) is 7.76. The van der Waals surface area contributed by atoms with Gasteiger partial charge in [0, 0.05) is 31.4 Å². The molecule has 1 aromatic rings. The van der Waals surface area contributed by atoms with Crippen LogP contribution in [-0.2, 0) is 7.05 Å². The first kappa shape index (κ1) is 8.75. The maximum Gasteiger partial charge on any atom is 0.0641 e. The normalized spacial score (nSPS) is 25.7. The molecule has 0 aliphatic carbocycles. The van der Waals surface area contributed by atoms with E-state index in [1.165, 1.54) is 5.56 Å². The third-order valence-corrected chi connectivity index (χ3v) is 2.91. The third kappa shape index (κ3) is 1.27. The first-order chi connectivity index (χ1) is 6.00. The minimum atomic E-state index is 0.383. The minimum absolute atomic E-state index is 0.383. The molecule has 2 heterocycles. The van der Waals surface area contributed by atoms with Crippen molar-refractivity contribution in [3.05, 3.63) is 17.5 Å². The number of rotatable bonds is 1. The lowest BCUT2D eigenvalue weighted by Crippen LogP contribution is -2.52. The molecule has 1 fully saturated rings. The van der Waals surface area contributed by atoms with Gasteiger partial charge in [-0.15, -0.1) is 0 Å². The lowest BCUT2D eigenvalue weighted by molar-refractivity contribution is 0.128. The van der Waals surface area contributed by atoms with E-state index in [0.29, 0.717) is 11.5 Å². The van der Waals surface area contributed by atoms with Gasteiger partial charge < -0.3 is 5.32 Å². The van der Waals surface area contributed by atoms with Gasteiger partial charge in [-0.05, 0) is 12.3 Å². The molecular weight excluding hydrogens is 162 g/mol. The summed E-state index contributed by atoms with van der Waals surface area (Å²) >= 11 is 0. The van der Waals surface area contributed by atoms with E-state index in [1.54, 1.807) is 0 Å². The van der Waals surface area contributed by atoms with E-state index in [-0.39, 0.29) is 0 Å². The molecule has 0 aromatic carbocycles. The number of nitrogens with zero attached hydrogens (tertiary/aromatic N) is 2. The number of aromatic nitrogens is 2. The Morgan fingerprint density at radius 3 is 2.62 bits per heavy atom. The van der Waals surface area contributed by atoms with Crippen LogP contribution in [0.25, 0.3) is 0 Å². The van der Waals surface area contributed by atoms with E-state index in [0.717, 1.165) is 12.2 Å². The van der Waals surface area contributed by atoms with Gasteiger partial charge in [-0.2, -0.15) is 5.10 Å². The number of hydrogen-bond donors (Lipinski definition) is 1. The van der Waals surface area contributed by atoms with Gasteiger partial charge in [0.25, 0.3) is 0 Å². The molecule has 3 nitrogen and oxygen atoms in total. The Morgan fingerprint density at radius 1 is 1.62 bits per heavy atom. The molecule has 1 saturated heterocycles. The molecule has 0 bridgehead atoms. The van der Waals surface area contributed by atoms with Crippen LogP contribution in [0.15, 0.2) is 6.20 Å². The zero-order chi connectivity index (χ0) is 9.64. The second-order valence-corrected chi connectivity index (χ2v) is 4.65. The maximum absolute atomic E-state index is 4.36. The zero-order valence-electron chi connectivity index (χ0n) is 8.76. The van der Waals surface area contributed by atoms with E-state index in [4.69, 9.17) is 0 Å². The van der Waals surface area contributed by atoms with Crippen molar-refractivity contribution in [2.75, 3.05) is 6.54 Å². The van der Waals surface area contributed by atoms with Crippen LogP contribution in [0.2, 0.25) is 0 Å². The predicted molar refractivity (Wildman–Crippen MR) is 52.5 cm³/mol. The summed E-state index contributed by atoms with van der Waals surface area (Å²) in [4.78, 5) is 0. The summed E-state index contributed by atoms with van der Waals surface area (Å²) in [6, 6.07) is 0.487. The second-order valence-electron chi connectivity index (χ2n) is 4.65. The maximum atomic E-state index is 4.36. The van der Waals surface area contributed by atoms with E-state index in [2.05, 4.69) is 37.4 Å². The predicted octanol–water partition coefficient (Wildman–Crippen LogP) is 1.40. The number of nitrogens with one attached hydrogen (secondary N) is 1. The van der Waals surface area contributed by atoms with E-state index < -0.39 is 0 Å². The highest BCUT2D eigenvalue weighted by Gasteiger charge is 2.40. The van der Waals surface area contributed by atoms with Gasteiger partial charge in [-0.3, -0.25) is 4.68 Å². The topological polar surface area (TPSA) is 29.9 Å². The Labute approximate surface area is 79.1 Å². The Morgan fingerprint density at radius 2 is 2.31 bits per heavy atom. The SMILES string of the molecule is Cc1nn(C)cc1C1NCC1(C)C. The highest BCUT2D eigenvalue weighted by atomic mass is 15.3. The Bertz CT molecular complexity index is 325. The molecular formula is C10H17N3. The van der Waals surface area contributed by atoms with Crippen LogP contribution >= 0.6 is 0 Å². The molecule has 1 unspecified atom stereocenters. The van der Waals surface area contributed by atoms with Gasteiger partial charge in [0.15, 0.2) is 0 Å². The molecule has 1 aliphatic heterocycles. The fourth-order valence-corrected chi connectivity index (χ4v) is 2.04. The summed E-state index contributed by atoms with van der Waals surface area (Å²) in [5.74, 6) is 0. The second kappa shape index (κ2) is 2.58. The summed E-state index contributed by atoms with van der Waals surface area (Å²) in [6.07, 6.45) is 2.12. The Hall–Kier alpha value is -0.830. The van der Waals surface area contributed by atoms with Gasteiger partial charge >= 0.3 is 0 Å². The van der Waals surface area contributed by atoms with Crippen molar-refractivity contribution >= 4 is 0 Å². The smallest absolute Gasteiger partial charge is 0.0641 e. The number of hydrogen-bond acceptors (Lipinski definition) is 2. The monoisotopic (exact) mass is 179 g/mol. The van der Waals surface area contributed by atoms with Gasteiger partial charge in [0.05, 0.1) is 5.69 Å². The van der Waals surface area contributed by atoms with Crippen LogP contribution < -0.4 is 5.32 Å². The largest absolute Gasteiger partial charge is 0.309 e. The molecule has 0 amide bonds. The molecule has 0 saturated carbocycles. The summed E-state index contributed by atoms with van der Waals surface area (Å²) in [5.41, 5.74) is 2.87. The highest BCUT2D eigenvalue weighted by Crippen LogP contribution is 2.40. The van der Waals surface area contributed by atoms with Crippen LogP contribution in [0.4, 0.5) is 0 Å². The first-order valence-electron chi connectivity index (χ1n) is 4.74. The van der Waals surface area contributed by atoms with Crippen molar-refractivity contribution in [2.24, 2.45) is 12.5 Å². The van der Waals surface area contributed by atoms with E-state index in [1.807, 2.05) is 11.7 Å². The van der Waals surface area contributed by atoms with Crippen LogP contribution in [0.1, 0.15) is 31.1 Å². The van der Waals surface area contributed by atoms with Crippen LogP contribution in [0.3, 0.4) is 0 Å². The fraction of sp³-hybridized carbons (Fsp3) is 0.700. The third-order valence-electron chi connectivity index (χ3n) is 2.91. The van der Waals surface area contributed by atoms with Gasteiger partial charge in [-0.25, -0.2) is 0 Å². The van der Waals surface area contributed by atoms with Crippen LogP contribution in [0, 0.1) is 12.3 Å².